The Bertz CT molecular complexity index is 579. The Hall–Kier alpha value is -0.600. The van der Waals surface area contributed by atoms with Gasteiger partial charge < -0.3 is 9.47 Å². The highest BCUT2D eigenvalue weighted by molar-refractivity contribution is 5.26. The second-order valence-corrected chi connectivity index (χ2v) is 10.3. The second-order valence-electron chi connectivity index (χ2n) is 10.3. The van der Waals surface area contributed by atoms with Gasteiger partial charge in [-0.1, -0.05) is 38.0 Å². The summed E-state index contributed by atoms with van der Waals surface area (Å²) in [5.41, 5.74) is 2.59. The van der Waals surface area contributed by atoms with Crippen LogP contribution >= 0.6 is 0 Å². The summed E-state index contributed by atoms with van der Waals surface area (Å²) in [5, 5.41) is 0. The zero-order chi connectivity index (χ0) is 17.9. The molecule has 0 radical (unpaired) electrons. The van der Waals surface area contributed by atoms with Gasteiger partial charge in [0.15, 0.2) is 5.79 Å². The monoisotopic (exact) mass is 344 g/mol. The highest BCUT2D eigenvalue weighted by Gasteiger charge is 2.59. The van der Waals surface area contributed by atoms with Crippen molar-refractivity contribution in [2.75, 3.05) is 13.2 Å². The maximum Gasteiger partial charge on any atom is 0.162 e. The van der Waals surface area contributed by atoms with Crippen LogP contribution in [0.25, 0.3) is 0 Å². The summed E-state index contributed by atoms with van der Waals surface area (Å²) in [6, 6.07) is 0. The highest BCUT2D eigenvalue weighted by atomic mass is 16.7. The van der Waals surface area contributed by atoms with Gasteiger partial charge in [0, 0.05) is 10.8 Å². The largest absolute Gasteiger partial charge is 0.350 e. The molecule has 0 bridgehead atoms. The van der Waals surface area contributed by atoms with E-state index < -0.39 is 5.79 Å². The van der Waals surface area contributed by atoms with E-state index in [0.717, 1.165) is 25.0 Å². The van der Waals surface area contributed by atoms with E-state index in [9.17, 15) is 0 Å². The molecule has 0 N–H and O–H groups in total. The van der Waals surface area contributed by atoms with Crippen LogP contribution < -0.4 is 0 Å². The minimum Gasteiger partial charge on any atom is -0.350 e. The maximum atomic E-state index is 6.19. The molecule has 0 unspecified atom stereocenters. The molecule has 25 heavy (non-hydrogen) atoms. The summed E-state index contributed by atoms with van der Waals surface area (Å²) in [5.74, 6) is 1.08. The lowest BCUT2D eigenvalue weighted by molar-refractivity contribution is -0.310. The fraction of sp³-hybridized carbons (Fsp3) is 0.826. The van der Waals surface area contributed by atoms with Gasteiger partial charge in [0.2, 0.25) is 0 Å². The maximum absolute atomic E-state index is 6.19. The van der Waals surface area contributed by atoms with Gasteiger partial charge in [0.1, 0.15) is 0 Å². The smallest absolute Gasteiger partial charge is 0.162 e. The van der Waals surface area contributed by atoms with Crippen LogP contribution in [0.5, 0.6) is 0 Å². The van der Waals surface area contributed by atoms with Crippen molar-refractivity contribution in [1.82, 2.24) is 0 Å². The van der Waals surface area contributed by atoms with Crippen LogP contribution in [0.3, 0.4) is 0 Å². The number of ether oxygens (including phenoxy) is 2. The number of hydrogen-bond acceptors (Lipinski definition) is 2. The Labute approximate surface area is 154 Å². The van der Waals surface area contributed by atoms with Crippen LogP contribution in [0.2, 0.25) is 0 Å². The molecule has 0 amide bonds. The molecule has 2 nitrogen and oxygen atoms in total. The molecule has 4 atom stereocenters. The topological polar surface area (TPSA) is 18.5 Å². The van der Waals surface area contributed by atoms with Gasteiger partial charge in [-0.3, -0.25) is 0 Å². The van der Waals surface area contributed by atoms with Crippen LogP contribution in [0.4, 0.5) is 0 Å². The number of hydrogen-bond donors (Lipinski definition) is 0. The summed E-state index contributed by atoms with van der Waals surface area (Å²) in [6.45, 7) is 14.9. The number of fused-ring (bicyclic) bond motifs is 4. The van der Waals surface area contributed by atoms with E-state index >= 15 is 0 Å². The van der Waals surface area contributed by atoms with Gasteiger partial charge in [0.05, 0.1) is 13.2 Å². The van der Waals surface area contributed by atoms with E-state index in [0.29, 0.717) is 5.41 Å². The molecule has 2 saturated carbocycles. The lowest BCUT2D eigenvalue weighted by atomic mass is 9.45. The summed E-state index contributed by atoms with van der Waals surface area (Å²) in [7, 11) is 0. The molecule has 0 aromatic heterocycles. The van der Waals surface area contributed by atoms with Gasteiger partial charge >= 0.3 is 0 Å². The molecular weight excluding hydrogens is 308 g/mol. The summed E-state index contributed by atoms with van der Waals surface area (Å²) < 4.78 is 12.4. The molecule has 1 heterocycles. The van der Waals surface area contributed by atoms with Crippen molar-refractivity contribution in [1.29, 1.82) is 0 Å². The van der Waals surface area contributed by atoms with Crippen molar-refractivity contribution in [2.45, 2.75) is 78.4 Å². The molecule has 3 fully saturated rings. The van der Waals surface area contributed by atoms with E-state index in [4.69, 9.17) is 9.47 Å². The predicted molar refractivity (Wildman–Crippen MR) is 102 cm³/mol. The summed E-state index contributed by atoms with van der Waals surface area (Å²) in [6.07, 6.45) is 13.9. The van der Waals surface area contributed by atoms with Gasteiger partial charge in [-0.05, 0) is 69.6 Å². The Kier molecular flexibility index (Phi) is 4.05. The van der Waals surface area contributed by atoms with Crippen molar-refractivity contribution < 1.29 is 9.47 Å². The molecule has 0 aromatic carbocycles. The third-order valence-electron chi connectivity index (χ3n) is 8.26. The van der Waals surface area contributed by atoms with E-state index in [-0.39, 0.29) is 10.8 Å². The van der Waals surface area contributed by atoms with Crippen LogP contribution in [0, 0.1) is 28.1 Å². The molecule has 140 valence electrons. The first-order valence-corrected chi connectivity index (χ1v) is 10.4. The first-order chi connectivity index (χ1) is 11.7. The fourth-order valence-electron chi connectivity index (χ4n) is 6.69. The minimum atomic E-state index is -0.407. The first-order valence-electron chi connectivity index (χ1n) is 10.4. The summed E-state index contributed by atoms with van der Waals surface area (Å²) >= 11 is 0. The molecule has 3 aliphatic carbocycles. The summed E-state index contributed by atoms with van der Waals surface area (Å²) in [4.78, 5) is 0. The van der Waals surface area contributed by atoms with Crippen LogP contribution in [-0.2, 0) is 9.47 Å². The van der Waals surface area contributed by atoms with Crippen LogP contribution in [-0.4, -0.2) is 19.0 Å². The molecule has 1 spiro atoms. The Balaban J connectivity index is 1.64. The predicted octanol–water partition coefficient (Wildman–Crippen LogP) is 5.88. The quantitative estimate of drug-likeness (QED) is 0.553. The Morgan fingerprint density at radius 2 is 1.76 bits per heavy atom. The molecule has 1 saturated heterocycles. The van der Waals surface area contributed by atoms with E-state index in [1.807, 2.05) is 0 Å². The lowest BCUT2D eigenvalue weighted by Crippen LogP contribution is -2.59. The van der Waals surface area contributed by atoms with Crippen molar-refractivity contribution >= 4 is 0 Å². The van der Waals surface area contributed by atoms with Crippen molar-refractivity contribution in [3.05, 3.63) is 24.3 Å². The van der Waals surface area contributed by atoms with E-state index in [1.165, 1.54) is 44.9 Å². The van der Waals surface area contributed by atoms with E-state index in [2.05, 4.69) is 46.4 Å². The molecule has 4 rings (SSSR count). The third-order valence-corrected chi connectivity index (χ3v) is 8.26. The van der Waals surface area contributed by atoms with Gasteiger partial charge in [-0.2, -0.15) is 0 Å². The molecule has 2 heteroatoms. The Morgan fingerprint density at radius 1 is 1.04 bits per heavy atom. The lowest BCUT2D eigenvalue weighted by Gasteiger charge is -2.62. The van der Waals surface area contributed by atoms with Crippen molar-refractivity contribution in [3.8, 4) is 0 Å². The van der Waals surface area contributed by atoms with Crippen LogP contribution in [0.1, 0.15) is 72.6 Å². The SMILES string of the molecule is C=C[C@]1(C)C=C2CC[C@H]3C4(CCC[C@]3(C)[C@H]2CC1)COC(C)(C)OC4. The number of rotatable bonds is 1. The first kappa shape index (κ1) is 17.8. The van der Waals surface area contributed by atoms with Gasteiger partial charge in [0.25, 0.3) is 0 Å². The van der Waals surface area contributed by atoms with Crippen molar-refractivity contribution in [2.24, 2.45) is 28.1 Å². The average Bonchev–Trinajstić information content (AvgIpc) is 2.57. The van der Waals surface area contributed by atoms with Crippen molar-refractivity contribution in [3.63, 3.8) is 0 Å². The van der Waals surface area contributed by atoms with Crippen LogP contribution in [0.15, 0.2) is 24.3 Å². The normalized spacial score (nSPS) is 45.2. The standard InChI is InChI=1S/C23H36O2/c1-6-21(4)13-10-18-17(14-21)8-9-19-22(18,5)11-7-12-23(19)15-24-20(2,3)25-16-23/h6,14,18-19H,1,7-13,15-16H2,2-5H3/t18-,19+,21-,22+/m0/s1. The van der Waals surface area contributed by atoms with E-state index in [1.54, 1.807) is 5.57 Å². The molecule has 4 aliphatic rings. The zero-order valence-corrected chi connectivity index (χ0v) is 16.7. The number of allylic oxidation sites excluding steroid dienone is 3. The average molecular weight is 345 g/mol. The molecule has 0 aromatic rings. The molecule has 1 aliphatic heterocycles. The third kappa shape index (κ3) is 2.75. The fourth-order valence-corrected chi connectivity index (χ4v) is 6.69. The van der Waals surface area contributed by atoms with Gasteiger partial charge in [-0.15, -0.1) is 6.58 Å². The Morgan fingerprint density at radius 3 is 2.44 bits per heavy atom. The van der Waals surface area contributed by atoms with Gasteiger partial charge in [-0.25, -0.2) is 0 Å². The molecular formula is C23H36O2. The zero-order valence-electron chi connectivity index (χ0n) is 16.7. The highest BCUT2D eigenvalue weighted by Crippen LogP contribution is 2.64. The minimum absolute atomic E-state index is 0.211. The second kappa shape index (κ2) is 5.70.